The molecule has 0 radical (unpaired) electrons. The predicted molar refractivity (Wildman–Crippen MR) is 93.2 cm³/mol. The van der Waals surface area contributed by atoms with Crippen LogP contribution in [0.15, 0.2) is 29.5 Å². The number of nitrogens with zero attached hydrogens (tertiary/aromatic N) is 1. The van der Waals surface area contributed by atoms with Crippen LogP contribution in [0.3, 0.4) is 0 Å². The lowest BCUT2D eigenvalue weighted by Crippen LogP contribution is -2.46. The number of halogens is 2. The molecule has 0 saturated carbocycles. The second-order valence-electron chi connectivity index (χ2n) is 5.20. The third-order valence-corrected chi connectivity index (χ3v) is 4.50. The minimum atomic E-state index is -0.822. The molecule has 1 N–H and O–H groups in total. The molecule has 1 aliphatic rings. The van der Waals surface area contributed by atoms with E-state index in [0.717, 1.165) is 0 Å². The molecule has 0 fully saturated rings. The summed E-state index contributed by atoms with van der Waals surface area (Å²) in [6, 6.07) is 3.53. The molecule has 0 aromatic heterocycles. The first kappa shape index (κ1) is 18.6. The molecule has 2 rings (SSSR count). The fourth-order valence-corrected chi connectivity index (χ4v) is 2.93. The van der Waals surface area contributed by atoms with Gasteiger partial charge in [-0.25, -0.2) is 9.18 Å². The highest BCUT2D eigenvalue weighted by molar-refractivity contribution is 7.80. The Labute approximate surface area is 150 Å². The number of hydrogen-bond acceptors (Lipinski definition) is 4. The van der Waals surface area contributed by atoms with Gasteiger partial charge in [0, 0.05) is 30.4 Å². The van der Waals surface area contributed by atoms with E-state index in [4.69, 9.17) is 33.3 Å². The van der Waals surface area contributed by atoms with Gasteiger partial charge < -0.3 is 19.7 Å². The van der Waals surface area contributed by atoms with E-state index >= 15 is 0 Å². The highest BCUT2D eigenvalue weighted by atomic mass is 35.5. The molecule has 0 bridgehead atoms. The maximum atomic E-state index is 14.4. The molecule has 0 amide bonds. The molecule has 1 aliphatic heterocycles. The highest BCUT2D eigenvalue weighted by Crippen LogP contribution is 2.35. The number of carbonyl (C=O) groups is 1. The summed E-state index contributed by atoms with van der Waals surface area (Å²) in [5.74, 6) is -1.10. The van der Waals surface area contributed by atoms with Crippen molar-refractivity contribution >= 4 is 34.9 Å². The minimum absolute atomic E-state index is 0.0952. The van der Waals surface area contributed by atoms with Crippen LogP contribution in [-0.4, -0.2) is 43.4 Å². The molecule has 0 unspecified atom stereocenters. The first-order chi connectivity index (χ1) is 11.4. The van der Waals surface area contributed by atoms with Gasteiger partial charge in [0.25, 0.3) is 0 Å². The quantitative estimate of drug-likeness (QED) is 0.487. The Hall–Kier alpha value is -1.70. The largest absolute Gasteiger partial charge is 0.460 e. The van der Waals surface area contributed by atoms with Crippen LogP contribution < -0.4 is 5.32 Å². The van der Waals surface area contributed by atoms with Gasteiger partial charge in [0.05, 0.1) is 18.2 Å². The van der Waals surface area contributed by atoms with E-state index in [2.05, 4.69) is 5.32 Å². The smallest absolute Gasteiger partial charge is 0.338 e. The predicted octanol–water partition coefficient (Wildman–Crippen LogP) is 2.80. The van der Waals surface area contributed by atoms with Crippen LogP contribution in [0.25, 0.3) is 0 Å². The second-order valence-corrected chi connectivity index (χ2v) is 6.00. The molecule has 1 atom stereocenters. The van der Waals surface area contributed by atoms with Crippen molar-refractivity contribution in [1.82, 2.24) is 10.2 Å². The van der Waals surface area contributed by atoms with Gasteiger partial charge in [0.1, 0.15) is 12.4 Å². The number of rotatable bonds is 5. The lowest BCUT2D eigenvalue weighted by molar-refractivity contribution is -0.140. The summed E-state index contributed by atoms with van der Waals surface area (Å²) in [7, 11) is 3.22. The van der Waals surface area contributed by atoms with Crippen molar-refractivity contribution in [2.24, 2.45) is 0 Å². The Morgan fingerprint density at radius 3 is 2.79 bits per heavy atom. The lowest BCUT2D eigenvalue weighted by Gasteiger charge is -2.35. The molecule has 0 spiro atoms. The molecule has 8 heteroatoms. The van der Waals surface area contributed by atoms with E-state index in [-0.39, 0.29) is 29.4 Å². The fraction of sp³-hybridized carbons (Fsp3) is 0.375. The van der Waals surface area contributed by atoms with Crippen LogP contribution in [-0.2, 0) is 14.3 Å². The first-order valence-corrected chi connectivity index (χ1v) is 8.02. The number of benzene rings is 1. The third kappa shape index (κ3) is 3.68. The molecule has 0 aliphatic carbocycles. The van der Waals surface area contributed by atoms with Crippen molar-refractivity contribution in [2.75, 3.05) is 27.4 Å². The van der Waals surface area contributed by atoms with Crippen molar-refractivity contribution in [1.29, 1.82) is 0 Å². The Morgan fingerprint density at radius 2 is 2.17 bits per heavy atom. The van der Waals surface area contributed by atoms with E-state index in [1.165, 1.54) is 19.2 Å². The number of thiocarbonyl (C=S) groups is 1. The summed E-state index contributed by atoms with van der Waals surface area (Å²) in [6.45, 7) is 2.09. The van der Waals surface area contributed by atoms with Crippen LogP contribution in [0.5, 0.6) is 0 Å². The summed E-state index contributed by atoms with van der Waals surface area (Å²) in [6.07, 6.45) is 0. The number of hydrogen-bond donors (Lipinski definition) is 1. The molecule has 5 nitrogen and oxygen atoms in total. The van der Waals surface area contributed by atoms with Gasteiger partial charge in [-0.2, -0.15) is 0 Å². The summed E-state index contributed by atoms with van der Waals surface area (Å²) in [5.41, 5.74) is 0.993. The van der Waals surface area contributed by atoms with Gasteiger partial charge in [-0.1, -0.05) is 17.7 Å². The van der Waals surface area contributed by atoms with Gasteiger partial charge in [-0.3, -0.25) is 0 Å². The number of nitrogens with one attached hydrogen (secondary N) is 1. The normalized spacial score (nSPS) is 17.8. The number of carbonyl (C=O) groups excluding carboxylic acids is 1. The molecular weight excluding hydrogens is 355 g/mol. The average Bonchev–Trinajstić information content (AvgIpc) is 2.52. The molecule has 1 aromatic rings. The lowest BCUT2D eigenvalue weighted by atomic mass is 9.94. The van der Waals surface area contributed by atoms with Crippen LogP contribution in [0.1, 0.15) is 18.5 Å². The van der Waals surface area contributed by atoms with E-state index in [9.17, 15) is 9.18 Å². The number of methoxy groups -OCH3 is 1. The first-order valence-electron chi connectivity index (χ1n) is 7.23. The zero-order chi connectivity index (χ0) is 17.9. The fourth-order valence-electron chi connectivity index (χ4n) is 2.40. The summed E-state index contributed by atoms with van der Waals surface area (Å²) in [4.78, 5) is 14.2. The Balaban J connectivity index is 2.47. The van der Waals surface area contributed by atoms with E-state index in [1.54, 1.807) is 24.9 Å². The molecule has 1 aromatic carbocycles. The number of ether oxygens (including phenoxy) is 2. The molecule has 0 saturated heterocycles. The maximum Gasteiger partial charge on any atom is 0.338 e. The van der Waals surface area contributed by atoms with Crippen molar-refractivity contribution in [2.45, 2.75) is 13.0 Å². The Bertz CT molecular complexity index is 676. The SMILES string of the molecule is COCCOC(=O)C1=C(C)N(C)C(=S)N[C@@H]1c1c(F)cccc1Cl. The number of esters is 1. The Morgan fingerprint density at radius 1 is 1.46 bits per heavy atom. The van der Waals surface area contributed by atoms with Crippen molar-refractivity contribution in [3.63, 3.8) is 0 Å². The third-order valence-electron chi connectivity index (χ3n) is 3.78. The average molecular weight is 373 g/mol. The second kappa shape index (κ2) is 7.92. The molecule has 24 heavy (non-hydrogen) atoms. The minimum Gasteiger partial charge on any atom is -0.460 e. The molecule has 130 valence electrons. The Kier molecular flexibility index (Phi) is 6.15. The van der Waals surface area contributed by atoms with Gasteiger partial charge >= 0.3 is 5.97 Å². The van der Waals surface area contributed by atoms with Crippen molar-refractivity contribution < 1.29 is 18.7 Å². The van der Waals surface area contributed by atoms with Gasteiger partial charge in [0.15, 0.2) is 5.11 Å². The maximum absolute atomic E-state index is 14.4. The van der Waals surface area contributed by atoms with Crippen LogP contribution in [0.4, 0.5) is 4.39 Å². The van der Waals surface area contributed by atoms with Gasteiger partial charge in [-0.05, 0) is 31.3 Å². The van der Waals surface area contributed by atoms with Crippen LogP contribution in [0.2, 0.25) is 5.02 Å². The monoisotopic (exact) mass is 372 g/mol. The summed E-state index contributed by atoms with van der Waals surface area (Å²) in [5, 5.41) is 3.53. The number of allylic oxidation sites excluding steroid dienone is 1. The molecular formula is C16H18ClFN2O3S. The summed E-state index contributed by atoms with van der Waals surface area (Å²) >= 11 is 11.4. The van der Waals surface area contributed by atoms with Crippen LogP contribution in [0, 0.1) is 5.82 Å². The molecule has 1 heterocycles. The van der Waals surface area contributed by atoms with E-state index in [1.807, 2.05) is 0 Å². The zero-order valence-corrected chi connectivity index (χ0v) is 15.1. The van der Waals surface area contributed by atoms with Gasteiger partial charge in [-0.15, -0.1) is 0 Å². The van der Waals surface area contributed by atoms with Crippen molar-refractivity contribution in [3.05, 3.63) is 45.9 Å². The van der Waals surface area contributed by atoms with Crippen LogP contribution >= 0.6 is 23.8 Å². The topological polar surface area (TPSA) is 50.8 Å². The standard InChI is InChI=1S/C16H18ClFN2O3S/c1-9-12(15(21)23-8-7-22-3)14(19-16(24)20(9)2)13-10(17)5-4-6-11(13)18/h4-6,14H,7-8H2,1-3H3,(H,19,24)/t14-/m0/s1. The van der Waals surface area contributed by atoms with Gasteiger partial charge in [0.2, 0.25) is 0 Å². The van der Waals surface area contributed by atoms with Crippen molar-refractivity contribution in [3.8, 4) is 0 Å². The summed E-state index contributed by atoms with van der Waals surface area (Å²) < 4.78 is 24.4. The zero-order valence-electron chi connectivity index (χ0n) is 13.6. The van der Waals surface area contributed by atoms with E-state index in [0.29, 0.717) is 10.8 Å². The van der Waals surface area contributed by atoms with E-state index < -0.39 is 17.8 Å². The highest BCUT2D eigenvalue weighted by Gasteiger charge is 2.35.